The van der Waals surface area contributed by atoms with Gasteiger partial charge in [0.25, 0.3) is 5.91 Å². The average Bonchev–Trinajstić information content (AvgIpc) is 3.37. The Morgan fingerprint density at radius 2 is 1.58 bits per heavy atom. The van der Waals surface area contributed by atoms with E-state index in [-0.39, 0.29) is 17.0 Å². The van der Waals surface area contributed by atoms with Gasteiger partial charge in [0.2, 0.25) is 5.75 Å². The minimum Gasteiger partial charge on any atom is -0.497 e. The summed E-state index contributed by atoms with van der Waals surface area (Å²) in [4.78, 5) is 13.7. The predicted molar refractivity (Wildman–Crippen MR) is 126 cm³/mol. The molecule has 0 unspecified atom stereocenters. The summed E-state index contributed by atoms with van der Waals surface area (Å²) in [5.41, 5.74) is 0.247. The highest BCUT2D eigenvalue weighted by atomic mass is 32.2. The molecule has 0 radical (unpaired) electrons. The number of hydrogen-bond donors (Lipinski definition) is 1. The van der Waals surface area contributed by atoms with Crippen LogP contribution >= 0.6 is 11.3 Å². The van der Waals surface area contributed by atoms with Gasteiger partial charge < -0.3 is 24.3 Å². The molecule has 1 atom stereocenters. The molecule has 0 bridgehead atoms. The fourth-order valence-corrected chi connectivity index (χ4v) is 6.05. The molecular weight excluding hydrogens is 466 g/mol. The van der Waals surface area contributed by atoms with Gasteiger partial charge in [-0.05, 0) is 47.8 Å². The molecule has 3 aromatic rings. The van der Waals surface area contributed by atoms with Crippen LogP contribution in [0.15, 0.2) is 58.8 Å². The van der Waals surface area contributed by atoms with Crippen molar-refractivity contribution < 1.29 is 32.2 Å². The molecule has 0 saturated heterocycles. The van der Waals surface area contributed by atoms with Crippen molar-refractivity contribution in [3.8, 4) is 23.0 Å². The number of benzene rings is 2. The summed E-state index contributed by atoms with van der Waals surface area (Å²) in [6.07, 6.45) is 0. The third-order valence-corrected chi connectivity index (χ3v) is 8.23. The van der Waals surface area contributed by atoms with Gasteiger partial charge in [-0.3, -0.25) is 4.79 Å². The lowest BCUT2D eigenvalue weighted by Gasteiger charge is -2.18. The highest BCUT2D eigenvalue weighted by Crippen LogP contribution is 2.38. The number of amides is 1. The normalized spacial score (nSPS) is 12.0. The molecule has 33 heavy (non-hydrogen) atoms. The first kappa shape index (κ1) is 24.4. The zero-order valence-electron chi connectivity index (χ0n) is 18.7. The summed E-state index contributed by atoms with van der Waals surface area (Å²) in [6, 6.07) is 12.7. The maximum Gasteiger partial charge on any atom is 0.251 e. The molecule has 10 heteroatoms. The molecule has 8 nitrogen and oxygen atoms in total. The van der Waals surface area contributed by atoms with Crippen molar-refractivity contribution in [1.29, 1.82) is 0 Å². The van der Waals surface area contributed by atoms with Crippen molar-refractivity contribution in [3.05, 3.63) is 64.4 Å². The Morgan fingerprint density at radius 1 is 0.939 bits per heavy atom. The third kappa shape index (κ3) is 5.23. The number of thiophene rings is 1. The number of methoxy groups -OCH3 is 4. The van der Waals surface area contributed by atoms with Crippen LogP contribution in [0.3, 0.4) is 0 Å². The van der Waals surface area contributed by atoms with Crippen molar-refractivity contribution in [3.63, 3.8) is 0 Å². The molecule has 0 aliphatic heterocycles. The standard InChI is InChI=1S/C23H25NO7S2/c1-28-16-7-9-17(10-8-16)33(26,27)21(20-6-5-11-32-20)14-24-23(25)15-12-18(29-2)22(31-4)19(13-15)30-3/h5-13,21H,14H2,1-4H3,(H,24,25)/t21-/m0/s1. The van der Waals surface area contributed by atoms with Gasteiger partial charge in [-0.25, -0.2) is 8.42 Å². The largest absolute Gasteiger partial charge is 0.497 e. The molecular formula is C23H25NO7S2. The quantitative estimate of drug-likeness (QED) is 0.461. The van der Waals surface area contributed by atoms with Crippen molar-refractivity contribution >= 4 is 27.1 Å². The topological polar surface area (TPSA) is 100 Å². The summed E-state index contributed by atoms with van der Waals surface area (Å²) in [5.74, 6) is 1.08. The Balaban J connectivity index is 1.89. The number of ether oxygens (including phenoxy) is 4. The molecule has 0 spiro atoms. The van der Waals surface area contributed by atoms with Gasteiger partial charge in [0.05, 0.1) is 33.3 Å². The van der Waals surface area contributed by atoms with E-state index < -0.39 is 21.0 Å². The Labute approximate surface area is 197 Å². The van der Waals surface area contributed by atoms with Crippen molar-refractivity contribution in [2.75, 3.05) is 35.0 Å². The van der Waals surface area contributed by atoms with Crippen molar-refractivity contribution in [2.45, 2.75) is 10.1 Å². The Bertz CT molecular complexity index is 1170. The first-order valence-corrected chi connectivity index (χ1v) is 12.3. The summed E-state index contributed by atoms with van der Waals surface area (Å²) in [6.45, 7) is -0.121. The summed E-state index contributed by atoms with van der Waals surface area (Å²) >= 11 is 1.31. The van der Waals surface area contributed by atoms with Gasteiger partial charge in [-0.1, -0.05) is 6.07 Å². The van der Waals surface area contributed by atoms with Gasteiger partial charge in [0.1, 0.15) is 11.0 Å². The van der Waals surface area contributed by atoms with Crippen LogP contribution in [0, 0.1) is 0 Å². The second kappa shape index (κ2) is 10.6. The van der Waals surface area contributed by atoms with Crippen LogP contribution in [0.25, 0.3) is 0 Å². The highest BCUT2D eigenvalue weighted by Gasteiger charge is 2.31. The minimum absolute atomic E-state index is 0.121. The van der Waals surface area contributed by atoms with E-state index in [0.29, 0.717) is 27.9 Å². The number of carbonyl (C=O) groups excluding carboxylic acids is 1. The zero-order chi connectivity index (χ0) is 24.0. The molecule has 1 N–H and O–H groups in total. The molecule has 0 fully saturated rings. The summed E-state index contributed by atoms with van der Waals surface area (Å²) < 4.78 is 47.8. The van der Waals surface area contributed by atoms with E-state index in [1.807, 2.05) is 0 Å². The molecule has 0 aliphatic rings. The molecule has 1 amide bonds. The number of sulfone groups is 1. The van der Waals surface area contributed by atoms with E-state index in [2.05, 4.69) is 5.32 Å². The van der Waals surface area contributed by atoms with E-state index >= 15 is 0 Å². The van der Waals surface area contributed by atoms with Crippen LogP contribution < -0.4 is 24.3 Å². The molecule has 0 saturated carbocycles. The van der Waals surface area contributed by atoms with Gasteiger partial charge in [-0.2, -0.15) is 0 Å². The average molecular weight is 492 g/mol. The van der Waals surface area contributed by atoms with E-state index in [0.717, 1.165) is 0 Å². The lowest BCUT2D eigenvalue weighted by molar-refractivity contribution is 0.0953. The first-order chi connectivity index (χ1) is 15.8. The molecule has 1 heterocycles. The van der Waals surface area contributed by atoms with Gasteiger partial charge in [0.15, 0.2) is 21.3 Å². The molecule has 3 rings (SSSR count). The number of nitrogens with one attached hydrogen (secondary N) is 1. The third-order valence-electron chi connectivity index (χ3n) is 5.00. The van der Waals surface area contributed by atoms with Gasteiger partial charge in [0, 0.05) is 17.0 Å². The lowest BCUT2D eigenvalue weighted by atomic mass is 10.1. The van der Waals surface area contributed by atoms with Crippen molar-refractivity contribution in [2.24, 2.45) is 0 Å². The molecule has 176 valence electrons. The van der Waals surface area contributed by atoms with E-state index in [1.54, 1.807) is 29.6 Å². The van der Waals surface area contributed by atoms with Crippen LogP contribution in [-0.4, -0.2) is 49.3 Å². The van der Waals surface area contributed by atoms with Crippen LogP contribution in [0.4, 0.5) is 0 Å². The number of carbonyl (C=O) groups is 1. The smallest absolute Gasteiger partial charge is 0.251 e. The van der Waals surface area contributed by atoms with Crippen LogP contribution in [0.2, 0.25) is 0 Å². The van der Waals surface area contributed by atoms with E-state index in [9.17, 15) is 13.2 Å². The van der Waals surface area contributed by atoms with Crippen LogP contribution in [-0.2, 0) is 9.84 Å². The second-order valence-electron chi connectivity index (χ2n) is 6.85. The Hall–Kier alpha value is -3.24. The fraction of sp³-hybridized carbons (Fsp3) is 0.261. The zero-order valence-corrected chi connectivity index (χ0v) is 20.3. The monoisotopic (exact) mass is 491 g/mol. The number of rotatable bonds is 10. The Kier molecular flexibility index (Phi) is 7.83. The van der Waals surface area contributed by atoms with E-state index in [4.69, 9.17) is 18.9 Å². The first-order valence-electron chi connectivity index (χ1n) is 9.85. The fourth-order valence-electron chi connectivity index (χ4n) is 3.27. The number of hydrogen-bond acceptors (Lipinski definition) is 8. The Morgan fingerprint density at radius 3 is 2.06 bits per heavy atom. The summed E-state index contributed by atoms with van der Waals surface area (Å²) in [5, 5.41) is 3.58. The maximum atomic E-state index is 13.4. The maximum absolute atomic E-state index is 13.4. The lowest BCUT2D eigenvalue weighted by Crippen LogP contribution is -2.31. The van der Waals surface area contributed by atoms with Gasteiger partial charge in [-0.15, -0.1) is 11.3 Å². The minimum atomic E-state index is -3.79. The van der Waals surface area contributed by atoms with Crippen LogP contribution in [0.5, 0.6) is 23.0 Å². The SMILES string of the molecule is COc1ccc(S(=O)(=O)[C@@H](CNC(=O)c2cc(OC)c(OC)c(OC)c2)c2cccs2)cc1. The van der Waals surface area contributed by atoms with Gasteiger partial charge >= 0.3 is 0 Å². The molecule has 0 aliphatic carbocycles. The second-order valence-corrected chi connectivity index (χ2v) is 9.96. The van der Waals surface area contributed by atoms with Crippen LogP contribution in [0.1, 0.15) is 20.5 Å². The highest BCUT2D eigenvalue weighted by molar-refractivity contribution is 7.91. The van der Waals surface area contributed by atoms with Crippen molar-refractivity contribution in [1.82, 2.24) is 5.32 Å². The predicted octanol–water partition coefficient (Wildman–Crippen LogP) is 3.73. The molecule has 2 aromatic carbocycles. The summed E-state index contributed by atoms with van der Waals surface area (Å²) in [7, 11) is 2.09. The van der Waals surface area contributed by atoms with E-state index in [1.165, 1.54) is 64.0 Å². The molecule has 1 aromatic heterocycles.